The van der Waals surface area contributed by atoms with Gasteiger partial charge in [0.2, 0.25) is 0 Å². The standard InChI is InChI=1S/C20H20N2O3/c1-22(2)17-9-5-7-15(14-17)13-16(8-6-12-23)20(25)21-18-10-3-4-11-19(18)24/h3-14,24H,1-2H3,(H,21,25). The third-order valence-corrected chi connectivity index (χ3v) is 3.48. The second-order valence-electron chi connectivity index (χ2n) is 5.56. The van der Waals surface area contributed by atoms with Gasteiger partial charge < -0.3 is 15.3 Å². The van der Waals surface area contributed by atoms with E-state index < -0.39 is 5.91 Å². The average Bonchev–Trinajstić information content (AvgIpc) is 2.60. The molecule has 0 bridgehead atoms. The first kappa shape index (κ1) is 18.0. The number of anilines is 2. The molecule has 0 radical (unpaired) electrons. The molecule has 0 aromatic heterocycles. The second kappa shape index (κ2) is 8.49. The van der Waals surface area contributed by atoms with Gasteiger partial charge in [0.25, 0.3) is 5.91 Å². The summed E-state index contributed by atoms with van der Waals surface area (Å²) in [6.45, 7) is 0. The number of carbonyl (C=O) groups is 2. The summed E-state index contributed by atoms with van der Waals surface area (Å²) in [6, 6.07) is 14.1. The molecule has 5 heteroatoms. The lowest BCUT2D eigenvalue weighted by Crippen LogP contribution is -2.13. The molecular formula is C20H20N2O3. The number of phenols is 1. The Labute approximate surface area is 146 Å². The van der Waals surface area contributed by atoms with Gasteiger partial charge in [0.1, 0.15) is 12.0 Å². The number of carbonyl (C=O) groups excluding carboxylic acids is 2. The maximum absolute atomic E-state index is 12.5. The Bertz CT molecular complexity index is 823. The number of hydrogen-bond acceptors (Lipinski definition) is 4. The molecule has 0 aliphatic heterocycles. The number of para-hydroxylation sites is 2. The van der Waals surface area contributed by atoms with Crippen LogP contribution in [-0.2, 0) is 9.59 Å². The summed E-state index contributed by atoms with van der Waals surface area (Å²) in [5.41, 5.74) is 2.42. The predicted octanol–water partition coefficient (Wildman–Crippen LogP) is 3.24. The Morgan fingerprint density at radius 3 is 2.56 bits per heavy atom. The van der Waals surface area contributed by atoms with Crippen LogP contribution in [0, 0.1) is 0 Å². The van der Waals surface area contributed by atoms with Crippen molar-refractivity contribution in [1.82, 2.24) is 0 Å². The smallest absolute Gasteiger partial charge is 0.255 e. The molecule has 25 heavy (non-hydrogen) atoms. The molecule has 0 heterocycles. The molecule has 2 aromatic rings. The highest BCUT2D eigenvalue weighted by atomic mass is 16.3. The fraction of sp³-hybridized carbons (Fsp3) is 0.100. The number of allylic oxidation sites excluding steroid dienone is 1. The Morgan fingerprint density at radius 1 is 1.12 bits per heavy atom. The van der Waals surface area contributed by atoms with Gasteiger partial charge in [0, 0.05) is 25.4 Å². The van der Waals surface area contributed by atoms with Crippen molar-refractivity contribution >= 4 is 29.6 Å². The molecule has 0 fully saturated rings. The zero-order valence-electron chi connectivity index (χ0n) is 14.1. The lowest BCUT2D eigenvalue weighted by molar-refractivity contribution is -0.112. The molecule has 128 valence electrons. The number of amides is 1. The number of nitrogens with zero attached hydrogens (tertiary/aromatic N) is 1. The Morgan fingerprint density at radius 2 is 1.88 bits per heavy atom. The van der Waals surface area contributed by atoms with Crippen LogP contribution in [0.1, 0.15) is 5.56 Å². The highest BCUT2D eigenvalue weighted by molar-refractivity contribution is 6.09. The van der Waals surface area contributed by atoms with E-state index in [1.807, 2.05) is 43.3 Å². The van der Waals surface area contributed by atoms with E-state index in [-0.39, 0.29) is 5.75 Å². The minimum Gasteiger partial charge on any atom is -0.506 e. The average molecular weight is 336 g/mol. The summed E-state index contributed by atoms with van der Waals surface area (Å²) in [6.07, 6.45) is 4.98. The van der Waals surface area contributed by atoms with Gasteiger partial charge in [-0.15, -0.1) is 0 Å². The zero-order chi connectivity index (χ0) is 18.2. The fourth-order valence-electron chi connectivity index (χ4n) is 2.18. The highest BCUT2D eigenvalue weighted by Crippen LogP contribution is 2.23. The van der Waals surface area contributed by atoms with Crippen LogP contribution >= 0.6 is 0 Å². The number of hydrogen-bond donors (Lipinski definition) is 2. The molecule has 0 atom stereocenters. The van der Waals surface area contributed by atoms with Gasteiger partial charge in [-0.1, -0.05) is 24.3 Å². The number of benzene rings is 2. The van der Waals surface area contributed by atoms with E-state index in [0.717, 1.165) is 11.3 Å². The highest BCUT2D eigenvalue weighted by Gasteiger charge is 2.10. The molecule has 5 nitrogen and oxygen atoms in total. The van der Waals surface area contributed by atoms with Gasteiger partial charge in [-0.3, -0.25) is 9.59 Å². The van der Waals surface area contributed by atoms with E-state index in [1.54, 1.807) is 24.3 Å². The summed E-state index contributed by atoms with van der Waals surface area (Å²) in [5.74, 6) is -0.445. The first-order valence-electron chi connectivity index (χ1n) is 7.71. The summed E-state index contributed by atoms with van der Waals surface area (Å²) in [4.78, 5) is 25.1. The monoisotopic (exact) mass is 336 g/mol. The first-order chi connectivity index (χ1) is 12.0. The van der Waals surface area contributed by atoms with Crippen LogP contribution in [0.2, 0.25) is 0 Å². The van der Waals surface area contributed by atoms with Crippen molar-refractivity contribution in [2.45, 2.75) is 0 Å². The van der Waals surface area contributed by atoms with E-state index in [0.29, 0.717) is 17.5 Å². The van der Waals surface area contributed by atoms with Crippen molar-refractivity contribution < 1.29 is 14.7 Å². The lowest BCUT2D eigenvalue weighted by Gasteiger charge is -2.13. The normalized spacial score (nSPS) is 11.4. The molecule has 0 saturated heterocycles. The van der Waals surface area contributed by atoms with Crippen LogP contribution in [0.25, 0.3) is 6.08 Å². The van der Waals surface area contributed by atoms with Crippen molar-refractivity contribution in [3.8, 4) is 5.75 Å². The largest absolute Gasteiger partial charge is 0.506 e. The van der Waals surface area contributed by atoms with E-state index in [4.69, 9.17) is 0 Å². The van der Waals surface area contributed by atoms with Crippen LogP contribution < -0.4 is 10.2 Å². The topological polar surface area (TPSA) is 69.6 Å². The molecule has 2 rings (SSSR count). The molecule has 2 N–H and O–H groups in total. The summed E-state index contributed by atoms with van der Waals surface area (Å²) in [7, 11) is 3.86. The van der Waals surface area contributed by atoms with Crippen LogP contribution in [-0.4, -0.2) is 31.4 Å². The second-order valence-corrected chi connectivity index (χ2v) is 5.56. The zero-order valence-corrected chi connectivity index (χ0v) is 14.1. The van der Waals surface area contributed by atoms with Gasteiger partial charge >= 0.3 is 0 Å². The Kier molecular flexibility index (Phi) is 6.12. The van der Waals surface area contributed by atoms with Gasteiger partial charge in [-0.25, -0.2) is 0 Å². The number of aldehydes is 1. The third kappa shape index (κ3) is 5.07. The molecule has 0 aliphatic rings. The van der Waals surface area contributed by atoms with Crippen LogP contribution in [0.4, 0.5) is 11.4 Å². The van der Waals surface area contributed by atoms with Gasteiger partial charge in [-0.05, 0) is 48.1 Å². The SMILES string of the molecule is CN(C)c1cccc(C=C(C=CC=O)C(=O)Nc2ccccc2O)c1. The number of aromatic hydroxyl groups is 1. The van der Waals surface area contributed by atoms with Crippen molar-refractivity contribution in [3.05, 3.63) is 71.8 Å². The number of rotatable bonds is 6. The van der Waals surface area contributed by atoms with Crippen LogP contribution in [0.15, 0.2) is 66.3 Å². The maximum atomic E-state index is 12.5. The number of phenolic OH excluding ortho intramolecular Hbond substituents is 1. The van der Waals surface area contributed by atoms with Crippen molar-refractivity contribution in [1.29, 1.82) is 0 Å². The summed E-state index contributed by atoms with van der Waals surface area (Å²) in [5, 5.41) is 12.4. The van der Waals surface area contributed by atoms with E-state index in [9.17, 15) is 14.7 Å². The van der Waals surface area contributed by atoms with Crippen LogP contribution in [0.5, 0.6) is 5.75 Å². The Hall–Kier alpha value is -3.34. The molecule has 0 aliphatic carbocycles. The molecular weight excluding hydrogens is 316 g/mol. The Balaban J connectivity index is 2.33. The maximum Gasteiger partial charge on any atom is 0.255 e. The molecule has 0 unspecified atom stereocenters. The minimum absolute atomic E-state index is 0.0239. The van der Waals surface area contributed by atoms with Gasteiger partial charge in [0.15, 0.2) is 0 Å². The minimum atomic E-state index is -0.421. The molecule has 0 spiro atoms. The van der Waals surface area contributed by atoms with Crippen LogP contribution in [0.3, 0.4) is 0 Å². The third-order valence-electron chi connectivity index (χ3n) is 3.48. The van der Waals surface area contributed by atoms with Gasteiger partial charge in [0.05, 0.1) is 5.69 Å². The van der Waals surface area contributed by atoms with E-state index >= 15 is 0 Å². The number of nitrogens with one attached hydrogen (secondary N) is 1. The summed E-state index contributed by atoms with van der Waals surface area (Å²) < 4.78 is 0. The quantitative estimate of drug-likeness (QED) is 0.368. The van der Waals surface area contributed by atoms with E-state index in [2.05, 4.69) is 5.32 Å². The van der Waals surface area contributed by atoms with Gasteiger partial charge in [-0.2, -0.15) is 0 Å². The summed E-state index contributed by atoms with van der Waals surface area (Å²) >= 11 is 0. The molecule has 0 saturated carbocycles. The lowest BCUT2D eigenvalue weighted by atomic mass is 10.1. The molecule has 2 aromatic carbocycles. The first-order valence-corrected chi connectivity index (χ1v) is 7.71. The predicted molar refractivity (Wildman–Crippen MR) is 101 cm³/mol. The van der Waals surface area contributed by atoms with Crippen molar-refractivity contribution in [2.75, 3.05) is 24.3 Å². The van der Waals surface area contributed by atoms with Crippen molar-refractivity contribution in [2.24, 2.45) is 0 Å². The fourth-order valence-corrected chi connectivity index (χ4v) is 2.18. The van der Waals surface area contributed by atoms with Crippen molar-refractivity contribution in [3.63, 3.8) is 0 Å². The van der Waals surface area contributed by atoms with E-state index in [1.165, 1.54) is 18.2 Å². The molecule has 1 amide bonds.